The van der Waals surface area contributed by atoms with E-state index in [2.05, 4.69) is 10.3 Å². The molecule has 25 heavy (non-hydrogen) atoms. The van der Waals surface area contributed by atoms with E-state index in [1.54, 1.807) is 0 Å². The van der Waals surface area contributed by atoms with Crippen molar-refractivity contribution in [1.29, 1.82) is 0 Å². The molecule has 0 saturated carbocycles. The number of aryl methyl sites for hydroxylation is 2. The van der Waals surface area contributed by atoms with Crippen LogP contribution in [0.25, 0.3) is 10.9 Å². The van der Waals surface area contributed by atoms with Crippen molar-refractivity contribution in [3.63, 3.8) is 0 Å². The molecule has 1 aromatic heterocycles. The van der Waals surface area contributed by atoms with Crippen LogP contribution in [0.15, 0.2) is 59.4 Å². The third-order valence-electron chi connectivity index (χ3n) is 4.37. The second kappa shape index (κ2) is 7.79. The number of fused-ring (bicyclic) bond motifs is 1. The Kier molecular flexibility index (Phi) is 5.29. The number of para-hydroxylation sites is 1. The van der Waals surface area contributed by atoms with E-state index in [4.69, 9.17) is 0 Å². The first-order valence-corrected chi connectivity index (χ1v) is 8.55. The minimum atomic E-state index is -0.0830. The van der Waals surface area contributed by atoms with Crippen molar-refractivity contribution < 1.29 is 4.79 Å². The molecule has 4 heteroatoms. The first-order chi connectivity index (χ1) is 12.1. The Balaban J connectivity index is 1.55. The van der Waals surface area contributed by atoms with Crippen molar-refractivity contribution in [1.82, 2.24) is 10.3 Å². The van der Waals surface area contributed by atoms with Crippen molar-refractivity contribution >= 4 is 16.8 Å². The fourth-order valence-electron chi connectivity index (χ4n) is 2.94. The average Bonchev–Trinajstić information content (AvgIpc) is 2.62. The highest BCUT2D eigenvalue weighted by Crippen LogP contribution is 2.15. The van der Waals surface area contributed by atoms with Crippen molar-refractivity contribution in [2.75, 3.05) is 6.54 Å². The molecule has 0 spiro atoms. The van der Waals surface area contributed by atoms with Gasteiger partial charge in [0.05, 0.1) is 5.52 Å². The van der Waals surface area contributed by atoms with E-state index in [1.807, 2.05) is 61.5 Å². The van der Waals surface area contributed by atoms with Gasteiger partial charge in [0, 0.05) is 18.5 Å². The summed E-state index contributed by atoms with van der Waals surface area (Å²) in [6.07, 6.45) is 1.70. The minimum absolute atomic E-state index is 0.0110. The molecule has 3 rings (SSSR count). The average molecular weight is 334 g/mol. The molecule has 0 unspecified atom stereocenters. The highest BCUT2D eigenvalue weighted by atomic mass is 16.1. The summed E-state index contributed by atoms with van der Waals surface area (Å²) in [5.41, 5.74) is 3.69. The lowest BCUT2D eigenvalue weighted by molar-refractivity contribution is -0.121. The van der Waals surface area contributed by atoms with Gasteiger partial charge in [0.1, 0.15) is 0 Å². The zero-order valence-corrected chi connectivity index (χ0v) is 14.3. The molecule has 2 aromatic carbocycles. The lowest BCUT2D eigenvalue weighted by Crippen LogP contribution is -2.27. The molecular formula is C21H22N2O2. The molecule has 0 aliphatic rings. The number of hydrogen-bond acceptors (Lipinski definition) is 2. The zero-order chi connectivity index (χ0) is 17.6. The summed E-state index contributed by atoms with van der Waals surface area (Å²) < 4.78 is 0. The number of hydrogen-bond donors (Lipinski definition) is 2. The number of rotatable bonds is 6. The first kappa shape index (κ1) is 17.0. The summed E-state index contributed by atoms with van der Waals surface area (Å²) in [7, 11) is 0. The summed E-state index contributed by atoms with van der Waals surface area (Å²) in [5, 5.41) is 3.91. The quantitative estimate of drug-likeness (QED) is 0.727. The number of benzene rings is 2. The molecule has 4 nitrogen and oxygen atoms in total. The Bertz CT molecular complexity index is 930. The SMILES string of the molecule is Cc1cccc2cc(CCNC(=O)CCc3ccccc3)c(=O)[nH]c12. The van der Waals surface area contributed by atoms with Crippen molar-refractivity contribution in [3.8, 4) is 0 Å². The Hall–Kier alpha value is -2.88. The van der Waals surface area contributed by atoms with Crippen LogP contribution in [0.4, 0.5) is 0 Å². The van der Waals surface area contributed by atoms with E-state index >= 15 is 0 Å². The van der Waals surface area contributed by atoms with Crippen molar-refractivity contribution in [2.24, 2.45) is 0 Å². The number of H-pyrrole nitrogens is 1. The van der Waals surface area contributed by atoms with E-state index in [-0.39, 0.29) is 11.5 Å². The molecule has 2 N–H and O–H groups in total. The van der Waals surface area contributed by atoms with Gasteiger partial charge < -0.3 is 10.3 Å². The molecule has 0 aliphatic carbocycles. The normalized spacial score (nSPS) is 10.8. The number of pyridine rings is 1. The van der Waals surface area contributed by atoms with Gasteiger partial charge in [0.15, 0.2) is 0 Å². The molecule has 0 fully saturated rings. The van der Waals surface area contributed by atoms with Crippen LogP contribution in [0.3, 0.4) is 0 Å². The number of nitrogens with one attached hydrogen (secondary N) is 2. The standard InChI is InChI=1S/C21H22N2O2/c1-15-6-5-9-17-14-18(21(25)23-20(15)17)12-13-22-19(24)11-10-16-7-3-2-4-8-16/h2-9,14H,10-13H2,1H3,(H,22,24)(H,23,25). The minimum Gasteiger partial charge on any atom is -0.356 e. The van der Waals surface area contributed by atoms with E-state index in [0.29, 0.717) is 24.9 Å². The van der Waals surface area contributed by atoms with Gasteiger partial charge in [0.2, 0.25) is 5.91 Å². The van der Waals surface area contributed by atoms with Crippen LogP contribution in [-0.4, -0.2) is 17.4 Å². The smallest absolute Gasteiger partial charge is 0.251 e. The number of amides is 1. The second-order valence-electron chi connectivity index (χ2n) is 6.25. The predicted molar refractivity (Wildman–Crippen MR) is 101 cm³/mol. The van der Waals surface area contributed by atoms with Crippen molar-refractivity contribution in [3.05, 3.63) is 81.6 Å². The molecule has 1 amide bonds. The predicted octanol–water partition coefficient (Wildman–Crippen LogP) is 3.13. The van der Waals surface area contributed by atoms with Crippen LogP contribution in [0.1, 0.15) is 23.1 Å². The molecule has 0 radical (unpaired) electrons. The summed E-state index contributed by atoms with van der Waals surface area (Å²) in [6, 6.07) is 17.8. The monoisotopic (exact) mass is 334 g/mol. The molecule has 0 bridgehead atoms. The van der Waals surface area contributed by atoms with Gasteiger partial charge in [-0.2, -0.15) is 0 Å². The van der Waals surface area contributed by atoms with Crippen molar-refractivity contribution in [2.45, 2.75) is 26.2 Å². The van der Waals surface area contributed by atoms with Crippen LogP contribution < -0.4 is 10.9 Å². The fraction of sp³-hybridized carbons (Fsp3) is 0.238. The highest BCUT2D eigenvalue weighted by Gasteiger charge is 2.06. The Morgan fingerprint density at radius 3 is 2.64 bits per heavy atom. The molecule has 128 valence electrons. The maximum Gasteiger partial charge on any atom is 0.251 e. The summed E-state index contributed by atoms with van der Waals surface area (Å²) in [6.45, 7) is 2.44. The van der Waals surface area contributed by atoms with Crippen LogP contribution >= 0.6 is 0 Å². The number of carbonyl (C=O) groups excluding carboxylic acids is 1. The van der Waals surface area contributed by atoms with Crippen LogP contribution in [0.2, 0.25) is 0 Å². The summed E-state index contributed by atoms with van der Waals surface area (Å²) >= 11 is 0. The number of aromatic nitrogens is 1. The lowest BCUT2D eigenvalue weighted by atomic mass is 10.1. The Morgan fingerprint density at radius 1 is 1.04 bits per heavy atom. The van der Waals surface area contributed by atoms with Gasteiger partial charge in [0.25, 0.3) is 5.56 Å². The first-order valence-electron chi connectivity index (χ1n) is 8.55. The molecule has 1 heterocycles. The van der Waals surface area contributed by atoms with Crippen LogP contribution in [0.5, 0.6) is 0 Å². The second-order valence-corrected chi connectivity index (χ2v) is 6.25. The number of aromatic amines is 1. The van der Waals surface area contributed by atoms with Crippen LogP contribution in [0, 0.1) is 6.92 Å². The Morgan fingerprint density at radius 2 is 1.84 bits per heavy atom. The highest BCUT2D eigenvalue weighted by molar-refractivity contribution is 5.82. The topological polar surface area (TPSA) is 62.0 Å². The van der Waals surface area contributed by atoms with E-state index in [0.717, 1.165) is 28.5 Å². The third-order valence-corrected chi connectivity index (χ3v) is 4.37. The Labute approximate surface area is 146 Å². The largest absolute Gasteiger partial charge is 0.356 e. The molecule has 0 atom stereocenters. The van der Waals surface area contributed by atoms with Gasteiger partial charge in [-0.3, -0.25) is 9.59 Å². The molecular weight excluding hydrogens is 312 g/mol. The van der Waals surface area contributed by atoms with Gasteiger partial charge in [-0.05, 0) is 42.3 Å². The molecule has 3 aromatic rings. The van der Waals surface area contributed by atoms with Gasteiger partial charge in [-0.15, -0.1) is 0 Å². The van der Waals surface area contributed by atoms with E-state index < -0.39 is 0 Å². The summed E-state index contributed by atoms with van der Waals surface area (Å²) in [5.74, 6) is 0.0110. The van der Waals surface area contributed by atoms with Crippen LogP contribution in [-0.2, 0) is 17.6 Å². The third kappa shape index (κ3) is 4.35. The van der Waals surface area contributed by atoms with E-state index in [9.17, 15) is 9.59 Å². The lowest BCUT2D eigenvalue weighted by Gasteiger charge is -2.07. The zero-order valence-electron chi connectivity index (χ0n) is 14.3. The number of carbonyl (C=O) groups is 1. The fourth-order valence-corrected chi connectivity index (χ4v) is 2.94. The maximum absolute atomic E-state index is 12.2. The van der Waals surface area contributed by atoms with Gasteiger partial charge >= 0.3 is 0 Å². The van der Waals surface area contributed by atoms with Gasteiger partial charge in [-0.25, -0.2) is 0 Å². The van der Waals surface area contributed by atoms with E-state index in [1.165, 1.54) is 0 Å². The summed E-state index contributed by atoms with van der Waals surface area (Å²) in [4.78, 5) is 27.1. The maximum atomic E-state index is 12.2. The van der Waals surface area contributed by atoms with Gasteiger partial charge in [-0.1, -0.05) is 48.5 Å². The molecule has 0 saturated heterocycles. The molecule has 0 aliphatic heterocycles.